The van der Waals surface area contributed by atoms with Crippen LogP contribution in [0.15, 0.2) is 48.5 Å². The topological polar surface area (TPSA) is 9.23 Å². The summed E-state index contributed by atoms with van der Waals surface area (Å²) < 4.78 is 6.92. The molecule has 0 heterocycles. The van der Waals surface area contributed by atoms with Crippen LogP contribution in [-0.4, -0.2) is 0 Å². The van der Waals surface area contributed by atoms with Gasteiger partial charge in [0.1, 0.15) is 12.4 Å². The van der Waals surface area contributed by atoms with Gasteiger partial charge in [0.25, 0.3) is 0 Å². The molecule has 0 aliphatic heterocycles. The minimum absolute atomic E-state index is 0.539. The van der Waals surface area contributed by atoms with E-state index in [9.17, 15) is 0 Å². The maximum Gasteiger partial charge on any atom is 0.119 e. The zero-order chi connectivity index (χ0) is 12.1. The van der Waals surface area contributed by atoms with Crippen molar-refractivity contribution in [2.24, 2.45) is 0 Å². The highest BCUT2D eigenvalue weighted by Crippen LogP contribution is 2.15. The van der Waals surface area contributed by atoms with Gasteiger partial charge in [0.05, 0.1) is 0 Å². The molecule has 0 bridgehead atoms. The third kappa shape index (κ3) is 3.89. The lowest BCUT2D eigenvalue weighted by Gasteiger charge is -2.06. The lowest BCUT2D eigenvalue weighted by atomic mass is 10.2. The van der Waals surface area contributed by atoms with Crippen LogP contribution in [0.5, 0.6) is 5.75 Å². The predicted octanol–water partition coefficient (Wildman–Crippen LogP) is 4.61. The Kier molecular flexibility index (Phi) is 4.68. The minimum Gasteiger partial charge on any atom is -0.489 e. The summed E-state index contributed by atoms with van der Waals surface area (Å²) >= 11 is 8.02. The summed E-state index contributed by atoms with van der Waals surface area (Å²) in [5, 5.41) is 0. The van der Waals surface area contributed by atoms with Gasteiger partial charge in [-0.2, -0.15) is 0 Å². The molecule has 1 nitrogen and oxygen atoms in total. The summed E-state index contributed by atoms with van der Waals surface area (Å²) in [7, 11) is 0. The maximum absolute atomic E-state index is 5.73. The summed E-state index contributed by atoms with van der Waals surface area (Å²) in [4.78, 5) is 0. The third-order valence-corrected chi connectivity index (χ3v) is 3.42. The van der Waals surface area contributed by atoms with Gasteiger partial charge < -0.3 is 4.74 Å². The number of halogens is 2. The van der Waals surface area contributed by atoms with Gasteiger partial charge in [-0.1, -0.05) is 24.3 Å². The number of benzene rings is 2. The van der Waals surface area contributed by atoms with Crippen molar-refractivity contribution in [3.63, 3.8) is 0 Å². The van der Waals surface area contributed by atoms with Gasteiger partial charge in [0.2, 0.25) is 0 Å². The van der Waals surface area contributed by atoms with Crippen molar-refractivity contribution < 1.29 is 4.74 Å². The lowest BCUT2D eigenvalue weighted by molar-refractivity contribution is 0.306. The van der Waals surface area contributed by atoms with Gasteiger partial charge in [-0.15, -0.1) is 11.6 Å². The molecule has 0 unspecified atom stereocenters. The van der Waals surface area contributed by atoms with Crippen LogP contribution in [0.3, 0.4) is 0 Å². The average molecular weight is 359 g/mol. The molecule has 0 spiro atoms. The molecule has 0 saturated carbocycles. The van der Waals surface area contributed by atoms with Crippen LogP contribution in [-0.2, 0) is 12.5 Å². The van der Waals surface area contributed by atoms with Crippen molar-refractivity contribution in [1.82, 2.24) is 0 Å². The first-order valence-corrected chi connectivity index (χ1v) is 6.91. The monoisotopic (exact) mass is 358 g/mol. The maximum atomic E-state index is 5.73. The molecular formula is C14H12ClIO. The highest BCUT2D eigenvalue weighted by Gasteiger charge is 1.97. The minimum atomic E-state index is 0.539. The lowest BCUT2D eigenvalue weighted by Crippen LogP contribution is -1.95. The van der Waals surface area contributed by atoms with E-state index < -0.39 is 0 Å². The van der Waals surface area contributed by atoms with E-state index in [1.807, 2.05) is 24.3 Å². The van der Waals surface area contributed by atoms with Gasteiger partial charge in [-0.3, -0.25) is 0 Å². The highest BCUT2D eigenvalue weighted by molar-refractivity contribution is 14.1. The Balaban J connectivity index is 1.95. The second-order valence-corrected chi connectivity index (χ2v) is 5.21. The Labute approximate surface area is 120 Å². The first-order chi connectivity index (χ1) is 8.28. The Morgan fingerprint density at radius 1 is 0.882 bits per heavy atom. The summed E-state index contributed by atoms with van der Waals surface area (Å²) in [6.07, 6.45) is 0. The molecule has 0 saturated heterocycles. The first kappa shape index (κ1) is 12.7. The molecule has 0 aliphatic carbocycles. The van der Waals surface area contributed by atoms with Crippen molar-refractivity contribution >= 4 is 34.2 Å². The van der Waals surface area contributed by atoms with Crippen molar-refractivity contribution in [1.29, 1.82) is 0 Å². The molecule has 88 valence electrons. The zero-order valence-electron chi connectivity index (χ0n) is 9.20. The quantitative estimate of drug-likeness (QED) is 0.573. The Morgan fingerprint density at radius 3 is 2.06 bits per heavy atom. The van der Waals surface area contributed by atoms with E-state index >= 15 is 0 Å². The second kappa shape index (κ2) is 6.26. The van der Waals surface area contributed by atoms with Crippen LogP contribution in [0.4, 0.5) is 0 Å². The summed E-state index contributed by atoms with van der Waals surface area (Å²) in [5.41, 5.74) is 2.28. The van der Waals surface area contributed by atoms with Gasteiger partial charge in [0.15, 0.2) is 0 Å². The fourth-order valence-electron chi connectivity index (χ4n) is 1.42. The van der Waals surface area contributed by atoms with Crippen LogP contribution in [0.2, 0.25) is 0 Å². The molecule has 0 aromatic heterocycles. The van der Waals surface area contributed by atoms with Crippen molar-refractivity contribution in [3.8, 4) is 5.75 Å². The highest BCUT2D eigenvalue weighted by atomic mass is 127. The molecular weight excluding hydrogens is 347 g/mol. The number of alkyl halides is 1. The molecule has 0 N–H and O–H groups in total. The fraction of sp³-hybridized carbons (Fsp3) is 0.143. The Hall–Kier alpha value is -0.740. The molecule has 17 heavy (non-hydrogen) atoms. The number of hydrogen-bond acceptors (Lipinski definition) is 1. The smallest absolute Gasteiger partial charge is 0.119 e. The summed E-state index contributed by atoms with van der Waals surface area (Å²) in [5.74, 6) is 1.41. The average Bonchev–Trinajstić information content (AvgIpc) is 2.39. The summed E-state index contributed by atoms with van der Waals surface area (Å²) in [6, 6.07) is 16.2. The van der Waals surface area contributed by atoms with Crippen LogP contribution >= 0.6 is 34.2 Å². The third-order valence-electron chi connectivity index (χ3n) is 2.40. The molecule has 2 aromatic carbocycles. The van der Waals surface area contributed by atoms with Crippen LogP contribution in [0.1, 0.15) is 11.1 Å². The van der Waals surface area contributed by atoms with E-state index in [0.29, 0.717) is 12.5 Å². The number of ether oxygens (including phenoxy) is 1. The van der Waals surface area contributed by atoms with E-state index in [4.69, 9.17) is 16.3 Å². The molecule has 3 heteroatoms. The number of hydrogen-bond donors (Lipinski definition) is 0. The number of rotatable bonds is 4. The van der Waals surface area contributed by atoms with Gasteiger partial charge in [-0.25, -0.2) is 0 Å². The van der Waals surface area contributed by atoms with Crippen molar-refractivity contribution in [2.45, 2.75) is 12.5 Å². The standard InChI is InChI=1S/C14H12ClIO/c15-9-11-3-7-14(8-4-11)17-10-12-1-5-13(16)6-2-12/h1-8H,9-10H2. The molecule has 0 amide bonds. The van der Waals surface area contributed by atoms with E-state index in [0.717, 1.165) is 11.3 Å². The van der Waals surface area contributed by atoms with E-state index in [1.54, 1.807) is 0 Å². The van der Waals surface area contributed by atoms with Crippen LogP contribution in [0.25, 0.3) is 0 Å². The van der Waals surface area contributed by atoms with Crippen LogP contribution < -0.4 is 4.74 Å². The Morgan fingerprint density at radius 2 is 1.47 bits per heavy atom. The predicted molar refractivity (Wildman–Crippen MR) is 79.5 cm³/mol. The normalized spacial score (nSPS) is 10.2. The van der Waals surface area contributed by atoms with E-state index in [1.165, 1.54) is 9.13 Å². The van der Waals surface area contributed by atoms with Gasteiger partial charge in [0, 0.05) is 9.45 Å². The van der Waals surface area contributed by atoms with Crippen LogP contribution in [0, 0.1) is 3.57 Å². The molecule has 2 aromatic rings. The van der Waals surface area contributed by atoms with E-state index in [2.05, 4.69) is 46.9 Å². The Bertz CT molecular complexity index is 465. The van der Waals surface area contributed by atoms with E-state index in [-0.39, 0.29) is 0 Å². The fourth-order valence-corrected chi connectivity index (χ4v) is 1.96. The van der Waals surface area contributed by atoms with Gasteiger partial charge >= 0.3 is 0 Å². The first-order valence-electron chi connectivity index (χ1n) is 5.30. The molecule has 0 fully saturated rings. The zero-order valence-corrected chi connectivity index (χ0v) is 12.1. The SMILES string of the molecule is ClCc1ccc(OCc2ccc(I)cc2)cc1. The van der Waals surface area contributed by atoms with Gasteiger partial charge in [-0.05, 0) is 58.0 Å². The van der Waals surface area contributed by atoms with Crippen molar-refractivity contribution in [3.05, 3.63) is 63.2 Å². The molecule has 2 rings (SSSR count). The second-order valence-electron chi connectivity index (χ2n) is 3.69. The van der Waals surface area contributed by atoms with Crippen molar-refractivity contribution in [2.75, 3.05) is 0 Å². The molecule has 0 radical (unpaired) electrons. The summed E-state index contributed by atoms with van der Waals surface area (Å²) in [6.45, 7) is 0.594. The molecule has 0 atom stereocenters. The largest absolute Gasteiger partial charge is 0.489 e. The molecule has 0 aliphatic rings.